The van der Waals surface area contributed by atoms with Crippen LogP contribution in [0.1, 0.15) is 18.4 Å². The van der Waals surface area contributed by atoms with Gasteiger partial charge in [0.25, 0.3) is 0 Å². The number of carbonyl (C=O) groups is 1. The maximum Gasteiger partial charge on any atom is 0.131 e. The third-order valence-corrected chi connectivity index (χ3v) is 3.12. The summed E-state index contributed by atoms with van der Waals surface area (Å²) in [7, 11) is 1.54. The Balaban J connectivity index is 2.53. The van der Waals surface area contributed by atoms with Crippen molar-refractivity contribution in [1.82, 2.24) is 0 Å². The van der Waals surface area contributed by atoms with E-state index in [9.17, 15) is 9.18 Å². The molecule has 1 atom stereocenters. The van der Waals surface area contributed by atoms with Crippen LogP contribution in [0.5, 0.6) is 5.75 Å². The van der Waals surface area contributed by atoms with Gasteiger partial charge in [-0.25, -0.2) is 4.39 Å². The summed E-state index contributed by atoms with van der Waals surface area (Å²) in [5.74, 6) is 0.0665. The molecule has 0 heterocycles. The smallest absolute Gasteiger partial charge is 0.131 e. The lowest BCUT2D eigenvalue weighted by Gasteiger charge is -2.12. The van der Waals surface area contributed by atoms with Gasteiger partial charge in [0.05, 0.1) is 7.11 Å². The van der Waals surface area contributed by atoms with E-state index in [0.29, 0.717) is 16.9 Å². The van der Waals surface area contributed by atoms with Gasteiger partial charge in [0.15, 0.2) is 0 Å². The zero-order valence-electron chi connectivity index (χ0n) is 10.9. The molecule has 0 amide bonds. The van der Waals surface area contributed by atoms with Gasteiger partial charge in [0.1, 0.15) is 17.9 Å². The number of hydrogen-bond acceptors (Lipinski definition) is 2. The predicted octanol–water partition coefficient (Wildman–Crippen LogP) is 3.80. The molecule has 98 valence electrons. The Morgan fingerprint density at radius 3 is 2.53 bits per heavy atom. The fourth-order valence-electron chi connectivity index (χ4n) is 1.97. The molecule has 1 unspecified atom stereocenters. The minimum Gasteiger partial charge on any atom is -0.496 e. The molecule has 0 fully saturated rings. The van der Waals surface area contributed by atoms with Crippen molar-refractivity contribution in [3.63, 3.8) is 0 Å². The molecule has 2 nitrogen and oxygen atoms in total. The van der Waals surface area contributed by atoms with Gasteiger partial charge in [0.2, 0.25) is 0 Å². The molecule has 2 aromatic rings. The predicted molar refractivity (Wildman–Crippen MR) is 72.9 cm³/mol. The number of ether oxygens (including phenoxy) is 1. The Bertz CT molecular complexity index is 593. The average Bonchev–Trinajstić information content (AvgIpc) is 2.46. The summed E-state index contributed by atoms with van der Waals surface area (Å²) >= 11 is 0. The van der Waals surface area contributed by atoms with Crippen LogP contribution in [0.2, 0.25) is 0 Å². The number of rotatable bonds is 4. The number of aldehydes is 1. The quantitative estimate of drug-likeness (QED) is 0.780. The molecule has 0 bridgehead atoms. The largest absolute Gasteiger partial charge is 0.496 e. The molecule has 0 spiro atoms. The molecule has 0 aliphatic rings. The molecule has 0 radical (unpaired) electrons. The molecule has 2 aromatic carbocycles. The first-order chi connectivity index (χ1) is 9.17. The maximum atomic E-state index is 13.8. The second kappa shape index (κ2) is 5.65. The molecule has 0 aliphatic carbocycles. The second-order valence-electron chi connectivity index (χ2n) is 4.36. The van der Waals surface area contributed by atoms with E-state index in [2.05, 4.69) is 0 Å². The number of benzene rings is 2. The van der Waals surface area contributed by atoms with Gasteiger partial charge in [-0.1, -0.05) is 37.3 Å². The van der Waals surface area contributed by atoms with Crippen molar-refractivity contribution in [2.75, 3.05) is 7.11 Å². The SMILES string of the molecule is COc1cc(C(C)C=O)ccc1-c1ccccc1F. The van der Waals surface area contributed by atoms with Gasteiger partial charge in [-0.05, 0) is 17.7 Å². The number of carbonyl (C=O) groups excluding carboxylic acids is 1. The summed E-state index contributed by atoms with van der Waals surface area (Å²) in [6.07, 6.45) is 0.873. The first-order valence-corrected chi connectivity index (χ1v) is 6.05. The van der Waals surface area contributed by atoms with Crippen LogP contribution < -0.4 is 4.74 Å². The van der Waals surface area contributed by atoms with Crippen molar-refractivity contribution in [3.05, 3.63) is 53.8 Å². The van der Waals surface area contributed by atoms with E-state index < -0.39 is 0 Å². The lowest BCUT2D eigenvalue weighted by atomic mass is 9.97. The van der Waals surface area contributed by atoms with Crippen molar-refractivity contribution < 1.29 is 13.9 Å². The van der Waals surface area contributed by atoms with Gasteiger partial charge in [-0.2, -0.15) is 0 Å². The van der Waals surface area contributed by atoms with Crippen molar-refractivity contribution in [3.8, 4) is 16.9 Å². The first-order valence-electron chi connectivity index (χ1n) is 6.05. The topological polar surface area (TPSA) is 26.3 Å². The summed E-state index contributed by atoms with van der Waals surface area (Å²) in [6, 6.07) is 11.9. The molecule has 2 rings (SSSR count). The van der Waals surface area contributed by atoms with E-state index in [-0.39, 0.29) is 11.7 Å². The fourth-order valence-corrected chi connectivity index (χ4v) is 1.97. The highest BCUT2D eigenvalue weighted by Gasteiger charge is 2.12. The van der Waals surface area contributed by atoms with Gasteiger partial charge in [0, 0.05) is 17.0 Å². The molecule has 19 heavy (non-hydrogen) atoms. The lowest BCUT2D eigenvalue weighted by Crippen LogP contribution is -1.97. The molecule has 0 aliphatic heterocycles. The van der Waals surface area contributed by atoms with Crippen molar-refractivity contribution in [2.45, 2.75) is 12.8 Å². The molecular formula is C16H15FO2. The van der Waals surface area contributed by atoms with Crippen LogP contribution in [0.3, 0.4) is 0 Å². The highest BCUT2D eigenvalue weighted by molar-refractivity contribution is 5.73. The molecule has 0 aromatic heterocycles. The normalized spacial score (nSPS) is 11.9. The summed E-state index contributed by atoms with van der Waals surface area (Å²) in [5.41, 5.74) is 2.03. The van der Waals surface area contributed by atoms with E-state index in [1.54, 1.807) is 30.3 Å². The summed E-state index contributed by atoms with van der Waals surface area (Å²) in [4.78, 5) is 10.8. The van der Waals surface area contributed by atoms with Crippen LogP contribution in [0.4, 0.5) is 4.39 Å². The van der Waals surface area contributed by atoms with Crippen molar-refractivity contribution in [2.24, 2.45) is 0 Å². The Morgan fingerprint density at radius 1 is 1.16 bits per heavy atom. The Kier molecular flexibility index (Phi) is 3.95. The zero-order chi connectivity index (χ0) is 13.8. The summed E-state index contributed by atoms with van der Waals surface area (Å²) in [5, 5.41) is 0. The maximum absolute atomic E-state index is 13.8. The van der Waals surface area contributed by atoms with Crippen LogP contribution in [0.25, 0.3) is 11.1 Å². The first kappa shape index (κ1) is 13.3. The third-order valence-electron chi connectivity index (χ3n) is 3.12. The summed E-state index contributed by atoms with van der Waals surface area (Å²) in [6.45, 7) is 1.81. The van der Waals surface area contributed by atoms with Crippen LogP contribution in [-0.2, 0) is 4.79 Å². The van der Waals surface area contributed by atoms with Crippen LogP contribution in [0, 0.1) is 5.82 Å². The lowest BCUT2D eigenvalue weighted by molar-refractivity contribution is -0.108. The highest BCUT2D eigenvalue weighted by Crippen LogP contribution is 2.33. The third kappa shape index (κ3) is 2.65. The van der Waals surface area contributed by atoms with E-state index >= 15 is 0 Å². The Morgan fingerprint density at radius 2 is 1.89 bits per heavy atom. The van der Waals surface area contributed by atoms with E-state index in [0.717, 1.165) is 11.8 Å². The number of methoxy groups -OCH3 is 1. The monoisotopic (exact) mass is 258 g/mol. The van der Waals surface area contributed by atoms with Gasteiger partial charge in [-0.15, -0.1) is 0 Å². The van der Waals surface area contributed by atoms with E-state index in [4.69, 9.17) is 4.74 Å². The fraction of sp³-hybridized carbons (Fsp3) is 0.188. The highest BCUT2D eigenvalue weighted by atomic mass is 19.1. The Hall–Kier alpha value is -2.16. The summed E-state index contributed by atoms with van der Waals surface area (Å²) < 4.78 is 19.1. The number of hydrogen-bond donors (Lipinski definition) is 0. The molecule has 0 saturated heterocycles. The van der Waals surface area contributed by atoms with Gasteiger partial charge >= 0.3 is 0 Å². The van der Waals surface area contributed by atoms with Crippen LogP contribution in [-0.4, -0.2) is 13.4 Å². The minimum atomic E-state index is -0.294. The molecular weight excluding hydrogens is 243 g/mol. The van der Waals surface area contributed by atoms with E-state index in [1.165, 1.54) is 13.2 Å². The standard InChI is InChI=1S/C16H15FO2/c1-11(10-18)12-7-8-14(16(9-12)19-2)13-5-3-4-6-15(13)17/h3-11H,1-2H3. The number of halogens is 1. The molecule has 3 heteroatoms. The van der Waals surface area contributed by atoms with Crippen LogP contribution in [0.15, 0.2) is 42.5 Å². The minimum absolute atomic E-state index is 0.205. The molecule has 0 saturated carbocycles. The van der Waals surface area contributed by atoms with Crippen molar-refractivity contribution >= 4 is 6.29 Å². The van der Waals surface area contributed by atoms with Gasteiger partial charge < -0.3 is 9.53 Å². The zero-order valence-corrected chi connectivity index (χ0v) is 10.9. The van der Waals surface area contributed by atoms with Crippen molar-refractivity contribution in [1.29, 1.82) is 0 Å². The molecule has 0 N–H and O–H groups in total. The van der Waals surface area contributed by atoms with Crippen LogP contribution >= 0.6 is 0 Å². The Labute approximate surface area is 111 Å². The average molecular weight is 258 g/mol. The van der Waals surface area contributed by atoms with Gasteiger partial charge in [-0.3, -0.25) is 0 Å². The van der Waals surface area contributed by atoms with E-state index in [1.807, 2.05) is 13.0 Å². The second-order valence-corrected chi connectivity index (χ2v) is 4.36.